The lowest BCUT2D eigenvalue weighted by Gasteiger charge is -2.36. The van der Waals surface area contributed by atoms with E-state index in [0.29, 0.717) is 15.8 Å². The third kappa shape index (κ3) is 4.73. The summed E-state index contributed by atoms with van der Waals surface area (Å²) in [5.41, 5.74) is -0.870. The Kier molecular flexibility index (Phi) is 6.69. The molecule has 0 atom stereocenters. The largest absolute Gasteiger partial charge is 0.431 e. The maximum Gasteiger partial charge on any atom is 0.431 e. The molecule has 1 heterocycles. The molecule has 31 heavy (non-hydrogen) atoms. The zero-order valence-corrected chi connectivity index (χ0v) is 19.0. The molecule has 1 aromatic rings. The molecule has 0 N–H and O–H groups in total. The molecule has 8 heteroatoms. The van der Waals surface area contributed by atoms with Gasteiger partial charge in [-0.25, -0.2) is 9.18 Å². The summed E-state index contributed by atoms with van der Waals surface area (Å²) >= 11 is 3.41. The highest BCUT2D eigenvalue weighted by Crippen LogP contribution is 2.42. The van der Waals surface area contributed by atoms with Crippen LogP contribution in [-0.2, 0) is 6.42 Å². The van der Waals surface area contributed by atoms with Crippen molar-refractivity contribution in [2.75, 3.05) is 11.9 Å². The van der Waals surface area contributed by atoms with Crippen LogP contribution in [0.15, 0.2) is 53.3 Å². The van der Waals surface area contributed by atoms with Gasteiger partial charge in [0.15, 0.2) is 0 Å². The van der Waals surface area contributed by atoms with E-state index in [1.807, 2.05) is 6.08 Å². The highest BCUT2D eigenvalue weighted by atomic mass is 79.9. The van der Waals surface area contributed by atoms with Gasteiger partial charge in [0.2, 0.25) is 0 Å². The standard InChI is InChI=1S/C23H25BrF4N2O/c1-4-22(9-7-5-6-8-10-22)14-16-12-19(18(25)13-17(16)24)30-15(2)11-20(23(26,27)28)29(3)21(30)31/h4,11-13H,1-2,5-10,14H2,3H3. The van der Waals surface area contributed by atoms with Crippen LogP contribution in [0.5, 0.6) is 0 Å². The van der Waals surface area contributed by atoms with Crippen molar-refractivity contribution in [2.45, 2.75) is 51.1 Å². The van der Waals surface area contributed by atoms with Crippen molar-refractivity contribution in [3.63, 3.8) is 0 Å². The Bertz CT molecular complexity index is 930. The zero-order chi connectivity index (χ0) is 23.0. The first-order valence-corrected chi connectivity index (χ1v) is 11.0. The molecule has 1 aromatic carbocycles. The number of rotatable bonds is 4. The van der Waals surface area contributed by atoms with Crippen LogP contribution in [0.4, 0.5) is 28.0 Å². The molecule has 168 valence electrons. The molecule has 0 aromatic heterocycles. The number of alkyl halides is 3. The fourth-order valence-corrected chi connectivity index (χ4v) is 4.83. The molecule has 1 aliphatic heterocycles. The van der Waals surface area contributed by atoms with Crippen molar-refractivity contribution in [3.05, 3.63) is 64.7 Å². The fraction of sp³-hybridized carbons (Fsp3) is 0.435. The average molecular weight is 501 g/mol. The molecule has 2 amide bonds. The van der Waals surface area contributed by atoms with E-state index < -0.39 is 23.7 Å². The highest BCUT2D eigenvalue weighted by Gasteiger charge is 2.43. The van der Waals surface area contributed by atoms with Gasteiger partial charge in [0.25, 0.3) is 0 Å². The summed E-state index contributed by atoms with van der Waals surface area (Å²) < 4.78 is 55.1. The van der Waals surface area contributed by atoms with Crippen molar-refractivity contribution in [1.29, 1.82) is 0 Å². The van der Waals surface area contributed by atoms with E-state index in [1.54, 1.807) is 0 Å². The molecular formula is C23H25BrF4N2O. The number of halogens is 5. The van der Waals surface area contributed by atoms with Crippen LogP contribution in [0.2, 0.25) is 0 Å². The number of carbonyl (C=O) groups excluding carboxylic acids is 1. The molecule has 3 nitrogen and oxygen atoms in total. The van der Waals surface area contributed by atoms with E-state index in [4.69, 9.17) is 0 Å². The number of urea groups is 1. The number of carbonyl (C=O) groups is 1. The summed E-state index contributed by atoms with van der Waals surface area (Å²) in [7, 11) is 1.01. The van der Waals surface area contributed by atoms with Crippen molar-refractivity contribution < 1.29 is 22.4 Å². The quantitative estimate of drug-likeness (QED) is 0.238. The smallest absolute Gasteiger partial charge is 0.292 e. The van der Waals surface area contributed by atoms with Crippen molar-refractivity contribution >= 4 is 27.6 Å². The van der Waals surface area contributed by atoms with E-state index in [9.17, 15) is 22.4 Å². The second-order valence-corrected chi connectivity index (χ2v) is 9.10. The van der Waals surface area contributed by atoms with E-state index in [0.717, 1.165) is 62.1 Å². The number of amides is 2. The lowest BCUT2D eigenvalue weighted by Crippen LogP contribution is -2.47. The van der Waals surface area contributed by atoms with E-state index >= 15 is 0 Å². The Hall–Kier alpha value is -2.09. The lowest BCUT2D eigenvalue weighted by molar-refractivity contribution is -0.106. The van der Waals surface area contributed by atoms with Crippen LogP contribution < -0.4 is 4.90 Å². The molecule has 1 fully saturated rings. The molecule has 0 unspecified atom stereocenters. The number of anilines is 1. The predicted molar refractivity (Wildman–Crippen MR) is 117 cm³/mol. The summed E-state index contributed by atoms with van der Waals surface area (Å²) in [6, 6.07) is 1.76. The second-order valence-electron chi connectivity index (χ2n) is 8.25. The van der Waals surface area contributed by atoms with Crippen LogP contribution in [0.3, 0.4) is 0 Å². The minimum Gasteiger partial charge on any atom is -0.292 e. The van der Waals surface area contributed by atoms with Crippen LogP contribution in [0.25, 0.3) is 0 Å². The van der Waals surface area contributed by atoms with Gasteiger partial charge in [-0.2, -0.15) is 13.2 Å². The molecular weight excluding hydrogens is 476 g/mol. The Balaban J connectivity index is 2.01. The van der Waals surface area contributed by atoms with Crippen molar-refractivity contribution in [1.82, 2.24) is 4.90 Å². The molecule has 0 radical (unpaired) electrons. The Morgan fingerprint density at radius 2 is 1.81 bits per heavy atom. The molecule has 0 spiro atoms. The summed E-state index contributed by atoms with van der Waals surface area (Å²) in [6.07, 6.45) is 4.99. The van der Waals surface area contributed by atoms with Gasteiger partial charge in [-0.3, -0.25) is 9.80 Å². The minimum atomic E-state index is -4.72. The summed E-state index contributed by atoms with van der Waals surface area (Å²) in [5.74, 6) is -0.726. The van der Waals surface area contributed by atoms with E-state index in [1.165, 1.54) is 12.1 Å². The van der Waals surface area contributed by atoms with Gasteiger partial charge in [0.05, 0.1) is 5.69 Å². The Morgan fingerprint density at radius 3 is 2.35 bits per heavy atom. The summed E-state index contributed by atoms with van der Waals surface area (Å²) in [5, 5.41) is 0. The summed E-state index contributed by atoms with van der Waals surface area (Å²) in [6.45, 7) is 7.61. The Labute approximate surface area is 188 Å². The monoisotopic (exact) mass is 500 g/mol. The SMILES string of the molecule is C=CC1(Cc2cc(N3C(=C)C=C(C(F)(F)F)N(C)C3=O)c(F)cc2Br)CCCCCC1. The number of nitrogens with zero attached hydrogens (tertiary/aromatic N) is 2. The van der Waals surface area contributed by atoms with Gasteiger partial charge in [0.1, 0.15) is 11.5 Å². The number of allylic oxidation sites excluding steroid dienone is 3. The van der Waals surface area contributed by atoms with E-state index in [2.05, 4.69) is 29.1 Å². The number of hydrogen-bond acceptors (Lipinski definition) is 1. The van der Waals surface area contributed by atoms with Gasteiger partial charge in [-0.05, 0) is 48.4 Å². The fourth-order valence-electron chi connectivity index (χ4n) is 4.38. The van der Waals surface area contributed by atoms with Gasteiger partial charge in [0, 0.05) is 17.2 Å². The van der Waals surface area contributed by atoms with Crippen LogP contribution >= 0.6 is 15.9 Å². The topological polar surface area (TPSA) is 23.6 Å². The van der Waals surface area contributed by atoms with Gasteiger partial charge in [-0.15, -0.1) is 6.58 Å². The number of hydrogen-bond donors (Lipinski definition) is 0. The van der Waals surface area contributed by atoms with E-state index in [-0.39, 0.29) is 16.8 Å². The third-order valence-corrected chi connectivity index (χ3v) is 6.89. The third-order valence-electron chi connectivity index (χ3n) is 6.15. The summed E-state index contributed by atoms with van der Waals surface area (Å²) in [4.78, 5) is 14.1. The molecule has 0 bridgehead atoms. The van der Waals surface area contributed by atoms with Gasteiger partial charge >= 0.3 is 12.2 Å². The minimum absolute atomic E-state index is 0.120. The van der Waals surface area contributed by atoms with Crippen LogP contribution in [-0.4, -0.2) is 24.2 Å². The first-order valence-electron chi connectivity index (χ1n) is 10.2. The maximum atomic E-state index is 14.9. The van der Waals surface area contributed by atoms with Crippen molar-refractivity contribution in [2.24, 2.45) is 5.41 Å². The average Bonchev–Trinajstić information content (AvgIpc) is 2.93. The molecule has 1 saturated carbocycles. The lowest BCUT2D eigenvalue weighted by atomic mass is 9.75. The first kappa shape index (κ1) is 23.6. The highest BCUT2D eigenvalue weighted by molar-refractivity contribution is 9.10. The van der Waals surface area contributed by atoms with Crippen molar-refractivity contribution in [3.8, 4) is 0 Å². The first-order chi connectivity index (χ1) is 14.5. The second kappa shape index (κ2) is 8.81. The van der Waals surface area contributed by atoms with Crippen LogP contribution in [0.1, 0.15) is 44.1 Å². The molecule has 2 aliphatic rings. The maximum absolute atomic E-state index is 14.9. The van der Waals surface area contributed by atoms with Gasteiger partial charge < -0.3 is 0 Å². The van der Waals surface area contributed by atoms with Gasteiger partial charge in [-0.1, -0.05) is 54.3 Å². The molecule has 3 rings (SSSR count). The Morgan fingerprint density at radius 1 is 1.19 bits per heavy atom. The van der Waals surface area contributed by atoms with Crippen LogP contribution in [0, 0.1) is 11.2 Å². The zero-order valence-electron chi connectivity index (χ0n) is 17.4. The molecule has 0 saturated heterocycles. The number of benzene rings is 1. The predicted octanol–water partition coefficient (Wildman–Crippen LogP) is 7.49. The molecule has 1 aliphatic carbocycles. The normalized spacial score (nSPS) is 19.9.